The quantitative estimate of drug-likeness (QED) is 0.734. The van der Waals surface area contributed by atoms with Gasteiger partial charge in [0, 0.05) is 18.6 Å². The summed E-state index contributed by atoms with van der Waals surface area (Å²) in [5.74, 6) is 3.19. The van der Waals surface area contributed by atoms with Crippen LogP contribution in [0.4, 0.5) is 0 Å². The van der Waals surface area contributed by atoms with Gasteiger partial charge >= 0.3 is 0 Å². The predicted molar refractivity (Wildman–Crippen MR) is 100 cm³/mol. The van der Waals surface area contributed by atoms with Gasteiger partial charge in [0.05, 0.1) is 0 Å². The van der Waals surface area contributed by atoms with Gasteiger partial charge in [-0.3, -0.25) is 4.90 Å². The van der Waals surface area contributed by atoms with E-state index in [1.807, 2.05) is 0 Å². The van der Waals surface area contributed by atoms with Crippen molar-refractivity contribution in [2.75, 3.05) is 6.54 Å². The second-order valence-corrected chi connectivity index (χ2v) is 8.66. The Morgan fingerprint density at radius 1 is 0.913 bits per heavy atom. The summed E-state index contributed by atoms with van der Waals surface area (Å²) in [6.45, 7) is 15.7. The summed E-state index contributed by atoms with van der Waals surface area (Å²) in [6, 6.07) is 8.74. The van der Waals surface area contributed by atoms with Gasteiger partial charge in [0.1, 0.15) is 0 Å². The van der Waals surface area contributed by atoms with Crippen LogP contribution in [0.5, 0.6) is 0 Å². The first-order valence-electron chi connectivity index (χ1n) is 9.76. The van der Waals surface area contributed by atoms with Gasteiger partial charge in [0.2, 0.25) is 0 Å². The van der Waals surface area contributed by atoms with Gasteiger partial charge in [-0.15, -0.1) is 0 Å². The van der Waals surface area contributed by atoms with Gasteiger partial charge < -0.3 is 0 Å². The van der Waals surface area contributed by atoms with Gasteiger partial charge in [-0.2, -0.15) is 0 Å². The van der Waals surface area contributed by atoms with Gasteiger partial charge in [-0.05, 0) is 73.5 Å². The minimum absolute atomic E-state index is 0.718. The fourth-order valence-corrected chi connectivity index (χ4v) is 4.94. The van der Waals surface area contributed by atoms with E-state index in [4.69, 9.17) is 0 Å². The molecule has 128 valence electrons. The Bertz CT molecular complexity index is 535. The van der Waals surface area contributed by atoms with E-state index < -0.39 is 0 Å². The molecule has 6 atom stereocenters. The van der Waals surface area contributed by atoms with E-state index >= 15 is 0 Å². The molecule has 0 amide bonds. The van der Waals surface area contributed by atoms with E-state index in [1.165, 1.54) is 31.4 Å². The first-order valence-corrected chi connectivity index (χ1v) is 9.76. The standard InChI is InChI=1S/C22H35N/c1-14-12-21-13-20(7-8-22(21)17(14)4)9-10-23-18(5)15(2)11-16(3)19(23)6/h7-8,13-19H,9-12H2,1-6H3/t14-,15-,16+,17-,18-,19+/m1/s1. The molecule has 3 rings (SSSR count). The smallest absolute Gasteiger partial charge is 0.00957 e. The third-order valence-electron chi connectivity index (χ3n) is 7.19. The Morgan fingerprint density at radius 3 is 2.22 bits per heavy atom. The Morgan fingerprint density at radius 2 is 1.57 bits per heavy atom. The van der Waals surface area contributed by atoms with Crippen LogP contribution in [0.15, 0.2) is 18.2 Å². The first-order chi connectivity index (χ1) is 10.9. The highest BCUT2D eigenvalue weighted by molar-refractivity contribution is 5.39. The maximum absolute atomic E-state index is 2.76. The molecule has 0 N–H and O–H groups in total. The molecule has 1 aliphatic carbocycles. The van der Waals surface area contributed by atoms with E-state index in [0.717, 1.165) is 35.8 Å². The van der Waals surface area contributed by atoms with Crippen LogP contribution in [0, 0.1) is 17.8 Å². The lowest BCUT2D eigenvalue weighted by molar-refractivity contribution is 0.0289. The zero-order valence-electron chi connectivity index (χ0n) is 16.0. The summed E-state index contributed by atoms with van der Waals surface area (Å²) in [5, 5.41) is 0. The molecule has 0 aromatic heterocycles. The second kappa shape index (κ2) is 6.59. The third kappa shape index (κ3) is 3.22. The van der Waals surface area contributed by atoms with Crippen molar-refractivity contribution in [2.45, 2.75) is 78.8 Å². The number of benzene rings is 1. The van der Waals surface area contributed by atoms with Crippen molar-refractivity contribution in [1.29, 1.82) is 0 Å². The molecule has 0 spiro atoms. The SMILES string of the molecule is C[C@@H]1C[C@H](C)[C@H](C)N(CCc2ccc3c(c2)C[C@@H](C)[C@H]3C)[C@@H]1C. The molecule has 0 bridgehead atoms. The largest absolute Gasteiger partial charge is 0.297 e. The van der Waals surface area contributed by atoms with Crippen molar-refractivity contribution >= 4 is 0 Å². The minimum atomic E-state index is 0.718. The van der Waals surface area contributed by atoms with Crippen LogP contribution in [0.3, 0.4) is 0 Å². The van der Waals surface area contributed by atoms with E-state index in [-0.39, 0.29) is 0 Å². The molecule has 0 saturated carbocycles. The van der Waals surface area contributed by atoms with E-state index in [0.29, 0.717) is 0 Å². The highest BCUT2D eigenvalue weighted by atomic mass is 15.2. The molecule has 1 nitrogen and oxygen atoms in total. The first kappa shape index (κ1) is 17.0. The van der Waals surface area contributed by atoms with E-state index in [1.54, 1.807) is 11.1 Å². The van der Waals surface area contributed by atoms with Crippen molar-refractivity contribution in [3.05, 3.63) is 34.9 Å². The lowest BCUT2D eigenvalue weighted by Crippen LogP contribution is -2.52. The third-order valence-corrected chi connectivity index (χ3v) is 7.19. The molecule has 1 aromatic carbocycles. The fourth-order valence-electron chi connectivity index (χ4n) is 4.94. The van der Waals surface area contributed by atoms with Crippen LogP contribution >= 0.6 is 0 Å². The zero-order valence-corrected chi connectivity index (χ0v) is 16.0. The highest BCUT2D eigenvalue weighted by Crippen LogP contribution is 2.38. The van der Waals surface area contributed by atoms with Gasteiger partial charge in [-0.25, -0.2) is 0 Å². The van der Waals surface area contributed by atoms with Crippen LogP contribution in [-0.2, 0) is 12.8 Å². The van der Waals surface area contributed by atoms with Crippen molar-refractivity contribution in [1.82, 2.24) is 4.90 Å². The maximum atomic E-state index is 2.76. The Kier molecular flexibility index (Phi) is 4.88. The van der Waals surface area contributed by atoms with Crippen LogP contribution in [0.2, 0.25) is 0 Å². The lowest BCUT2D eigenvalue weighted by Gasteiger charge is -2.46. The number of hydrogen-bond acceptors (Lipinski definition) is 1. The normalized spacial score (nSPS) is 37.8. The number of fused-ring (bicyclic) bond motifs is 1. The molecule has 23 heavy (non-hydrogen) atoms. The number of piperidine rings is 1. The molecular formula is C22H35N. The summed E-state index contributed by atoms with van der Waals surface area (Å²) in [6.07, 6.45) is 3.85. The van der Waals surface area contributed by atoms with E-state index in [9.17, 15) is 0 Å². The lowest BCUT2D eigenvalue weighted by atomic mass is 9.81. The maximum Gasteiger partial charge on any atom is 0.00957 e. The van der Waals surface area contributed by atoms with Crippen LogP contribution < -0.4 is 0 Å². The molecule has 1 aliphatic heterocycles. The molecule has 1 fully saturated rings. The monoisotopic (exact) mass is 313 g/mol. The number of rotatable bonds is 3. The van der Waals surface area contributed by atoms with Crippen LogP contribution in [-0.4, -0.2) is 23.5 Å². The van der Waals surface area contributed by atoms with Crippen molar-refractivity contribution in [3.63, 3.8) is 0 Å². The molecule has 1 heterocycles. The van der Waals surface area contributed by atoms with Gasteiger partial charge in [0.15, 0.2) is 0 Å². The molecule has 0 radical (unpaired) electrons. The topological polar surface area (TPSA) is 3.24 Å². The Balaban J connectivity index is 1.68. The second-order valence-electron chi connectivity index (χ2n) is 8.66. The van der Waals surface area contributed by atoms with Gasteiger partial charge in [-0.1, -0.05) is 45.9 Å². The molecule has 1 saturated heterocycles. The minimum Gasteiger partial charge on any atom is -0.297 e. The average Bonchev–Trinajstić information content (AvgIpc) is 2.80. The molecule has 2 aliphatic rings. The number of hydrogen-bond donors (Lipinski definition) is 0. The number of likely N-dealkylation sites (tertiary alicyclic amines) is 1. The molecule has 1 aromatic rings. The summed E-state index contributed by atoms with van der Waals surface area (Å²) in [4.78, 5) is 2.76. The summed E-state index contributed by atoms with van der Waals surface area (Å²) in [5.41, 5.74) is 4.75. The van der Waals surface area contributed by atoms with Crippen molar-refractivity contribution in [3.8, 4) is 0 Å². The van der Waals surface area contributed by atoms with Crippen molar-refractivity contribution < 1.29 is 0 Å². The molecule has 0 unspecified atom stereocenters. The average molecular weight is 314 g/mol. The van der Waals surface area contributed by atoms with E-state index in [2.05, 4.69) is 64.6 Å². The Labute approximate surface area is 143 Å². The molecule has 1 heteroatoms. The molecular weight excluding hydrogens is 278 g/mol. The summed E-state index contributed by atoms with van der Waals surface area (Å²) >= 11 is 0. The Hall–Kier alpha value is -0.820. The predicted octanol–water partition coefficient (Wildman–Crippen LogP) is 5.28. The number of nitrogens with zero attached hydrogens (tertiary/aromatic N) is 1. The van der Waals surface area contributed by atoms with Crippen LogP contribution in [0.25, 0.3) is 0 Å². The zero-order chi connectivity index (χ0) is 16.7. The van der Waals surface area contributed by atoms with Crippen molar-refractivity contribution in [2.24, 2.45) is 17.8 Å². The fraction of sp³-hybridized carbons (Fsp3) is 0.727. The highest BCUT2D eigenvalue weighted by Gasteiger charge is 2.34. The summed E-state index contributed by atoms with van der Waals surface area (Å²) < 4.78 is 0. The summed E-state index contributed by atoms with van der Waals surface area (Å²) in [7, 11) is 0. The van der Waals surface area contributed by atoms with Crippen LogP contribution in [0.1, 0.15) is 70.6 Å². The van der Waals surface area contributed by atoms with Gasteiger partial charge in [0.25, 0.3) is 0 Å².